The molecule has 0 fully saturated rings. The van der Waals surface area contributed by atoms with Gasteiger partial charge in [-0.3, -0.25) is 14.3 Å². The van der Waals surface area contributed by atoms with Crippen LogP contribution < -0.4 is 10.6 Å². The highest BCUT2D eigenvalue weighted by Gasteiger charge is 2.19. The Balaban J connectivity index is 2.02. The summed E-state index contributed by atoms with van der Waals surface area (Å²) in [6.07, 6.45) is 0. The van der Waals surface area contributed by atoms with Crippen molar-refractivity contribution in [3.63, 3.8) is 0 Å². The lowest BCUT2D eigenvalue weighted by atomic mass is 10.1. The molecule has 7 heteroatoms. The predicted octanol–water partition coefficient (Wildman–Crippen LogP) is 2.30. The zero-order valence-electron chi connectivity index (χ0n) is 12.6. The second-order valence-electron chi connectivity index (χ2n) is 5.04. The molecular weight excluding hydrogens is 300 g/mol. The van der Waals surface area contributed by atoms with Crippen LogP contribution in [0.5, 0.6) is 0 Å². The monoisotopic (exact) mass is 316 g/mol. The fraction of sp³-hybridized carbons (Fsp3) is 0.267. The molecule has 114 valence electrons. The van der Waals surface area contributed by atoms with Gasteiger partial charge in [0, 0.05) is 24.5 Å². The largest absolute Gasteiger partial charge is 0.326 e. The van der Waals surface area contributed by atoms with Gasteiger partial charge in [0.2, 0.25) is 0 Å². The number of aryl methyl sites for hydroxylation is 2. The van der Waals surface area contributed by atoms with Gasteiger partial charge in [0.1, 0.15) is 0 Å². The van der Waals surface area contributed by atoms with Crippen molar-refractivity contribution in [2.45, 2.75) is 13.8 Å². The van der Waals surface area contributed by atoms with Gasteiger partial charge in [-0.05, 0) is 32.0 Å². The molecule has 0 spiro atoms. The van der Waals surface area contributed by atoms with Crippen molar-refractivity contribution < 1.29 is 4.79 Å². The normalized spacial score (nSPS) is 11.0. The SMILES string of the molecule is CCN(C(=O)c1ccc2c(c1)[nH]c(=O)n2C)c1nc(C)cs1. The maximum Gasteiger partial charge on any atom is 0.326 e. The third-order valence-corrected chi connectivity index (χ3v) is 4.53. The number of carbonyl (C=O) groups excluding carboxylic acids is 1. The molecule has 6 nitrogen and oxygen atoms in total. The number of benzene rings is 1. The number of rotatable bonds is 3. The van der Waals surface area contributed by atoms with Gasteiger partial charge in [-0.25, -0.2) is 9.78 Å². The summed E-state index contributed by atoms with van der Waals surface area (Å²) in [5.74, 6) is -0.122. The molecule has 2 aromatic heterocycles. The van der Waals surface area contributed by atoms with Gasteiger partial charge in [0.05, 0.1) is 16.7 Å². The average molecular weight is 316 g/mol. The molecule has 0 unspecified atom stereocenters. The Bertz CT molecular complexity index is 906. The average Bonchev–Trinajstić information content (AvgIpc) is 3.04. The van der Waals surface area contributed by atoms with E-state index in [9.17, 15) is 9.59 Å². The van der Waals surface area contributed by atoms with E-state index in [4.69, 9.17) is 0 Å². The van der Waals surface area contributed by atoms with E-state index in [-0.39, 0.29) is 11.6 Å². The molecule has 0 radical (unpaired) electrons. The minimum Gasteiger partial charge on any atom is -0.306 e. The molecule has 0 aliphatic rings. The second-order valence-corrected chi connectivity index (χ2v) is 5.88. The number of thiazole rings is 1. The first-order valence-electron chi connectivity index (χ1n) is 6.94. The van der Waals surface area contributed by atoms with Crippen LogP contribution in [0, 0.1) is 6.92 Å². The molecule has 0 saturated carbocycles. The summed E-state index contributed by atoms with van der Waals surface area (Å²) >= 11 is 1.45. The zero-order chi connectivity index (χ0) is 15.9. The summed E-state index contributed by atoms with van der Waals surface area (Å²) in [6, 6.07) is 5.23. The van der Waals surface area contributed by atoms with E-state index in [0.29, 0.717) is 22.8 Å². The second kappa shape index (κ2) is 5.42. The Hall–Kier alpha value is -2.41. The Morgan fingerprint density at radius 2 is 2.23 bits per heavy atom. The van der Waals surface area contributed by atoms with Gasteiger partial charge in [-0.15, -0.1) is 11.3 Å². The Labute approximate surface area is 131 Å². The number of hydrogen-bond donors (Lipinski definition) is 1. The lowest BCUT2D eigenvalue weighted by molar-refractivity contribution is 0.0988. The first-order valence-corrected chi connectivity index (χ1v) is 7.82. The van der Waals surface area contributed by atoms with Crippen LogP contribution in [0.1, 0.15) is 23.0 Å². The maximum absolute atomic E-state index is 12.7. The van der Waals surface area contributed by atoms with Crippen LogP contribution in [0.25, 0.3) is 11.0 Å². The molecule has 22 heavy (non-hydrogen) atoms. The third kappa shape index (κ3) is 2.33. The van der Waals surface area contributed by atoms with E-state index in [2.05, 4.69) is 9.97 Å². The van der Waals surface area contributed by atoms with E-state index in [1.165, 1.54) is 15.9 Å². The summed E-state index contributed by atoms with van der Waals surface area (Å²) in [7, 11) is 1.69. The van der Waals surface area contributed by atoms with Gasteiger partial charge in [0.25, 0.3) is 5.91 Å². The fourth-order valence-corrected chi connectivity index (χ4v) is 3.22. The highest BCUT2D eigenvalue weighted by Crippen LogP contribution is 2.23. The minimum absolute atomic E-state index is 0.122. The number of H-pyrrole nitrogens is 1. The van der Waals surface area contributed by atoms with Crippen molar-refractivity contribution in [3.8, 4) is 0 Å². The number of aromatic nitrogens is 3. The van der Waals surface area contributed by atoms with Crippen molar-refractivity contribution in [1.29, 1.82) is 0 Å². The van der Waals surface area contributed by atoms with Gasteiger partial charge in [-0.2, -0.15) is 0 Å². The van der Waals surface area contributed by atoms with Crippen LogP contribution in [-0.4, -0.2) is 27.0 Å². The zero-order valence-corrected chi connectivity index (χ0v) is 13.4. The molecule has 2 heterocycles. The van der Waals surface area contributed by atoms with Crippen molar-refractivity contribution in [2.24, 2.45) is 7.05 Å². The number of amides is 1. The van der Waals surface area contributed by atoms with E-state index in [1.54, 1.807) is 30.1 Å². The summed E-state index contributed by atoms with van der Waals surface area (Å²) in [5, 5.41) is 2.61. The molecule has 3 rings (SSSR count). The summed E-state index contributed by atoms with van der Waals surface area (Å²) in [6.45, 7) is 4.35. The molecule has 1 N–H and O–H groups in total. The maximum atomic E-state index is 12.7. The van der Waals surface area contributed by atoms with Crippen LogP contribution in [0.15, 0.2) is 28.4 Å². The number of anilines is 1. The van der Waals surface area contributed by atoms with Gasteiger partial charge in [0.15, 0.2) is 5.13 Å². The Morgan fingerprint density at radius 3 is 2.86 bits per heavy atom. The number of carbonyl (C=O) groups is 1. The number of fused-ring (bicyclic) bond motifs is 1. The van der Waals surface area contributed by atoms with Crippen LogP contribution in [0.3, 0.4) is 0 Å². The van der Waals surface area contributed by atoms with Crippen molar-refractivity contribution in [3.05, 3.63) is 45.3 Å². The number of hydrogen-bond acceptors (Lipinski definition) is 4. The number of nitrogens with zero attached hydrogens (tertiary/aromatic N) is 3. The minimum atomic E-state index is -0.192. The lowest BCUT2D eigenvalue weighted by Gasteiger charge is -2.17. The highest BCUT2D eigenvalue weighted by molar-refractivity contribution is 7.14. The standard InChI is InChI=1S/C15H16N4O2S/c1-4-19(15-16-9(2)8-22-15)13(20)10-5-6-12-11(7-10)17-14(21)18(12)3/h5-8H,4H2,1-3H3,(H,17,21). The van der Waals surface area contributed by atoms with Crippen LogP contribution in [0.2, 0.25) is 0 Å². The number of imidazole rings is 1. The summed E-state index contributed by atoms with van der Waals surface area (Å²) in [5.41, 5.74) is 2.67. The smallest absolute Gasteiger partial charge is 0.306 e. The number of aromatic amines is 1. The molecule has 1 amide bonds. The van der Waals surface area contributed by atoms with Gasteiger partial charge in [-0.1, -0.05) is 0 Å². The molecule has 0 aliphatic heterocycles. The third-order valence-electron chi connectivity index (χ3n) is 3.55. The van der Waals surface area contributed by atoms with E-state index in [1.807, 2.05) is 19.2 Å². The van der Waals surface area contributed by atoms with E-state index < -0.39 is 0 Å². The number of nitrogens with one attached hydrogen (secondary N) is 1. The van der Waals surface area contributed by atoms with Crippen molar-refractivity contribution >= 4 is 33.4 Å². The molecule has 0 bridgehead atoms. The Kier molecular flexibility index (Phi) is 3.58. The van der Waals surface area contributed by atoms with E-state index >= 15 is 0 Å². The van der Waals surface area contributed by atoms with Gasteiger partial charge < -0.3 is 4.98 Å². The molecule has 1 aromatic carbocycles. The topological polar surface area (TPSA) is 71.0 Å². The van der Waals surface area contributed by atoms with Crippen LogP contribution >= 0.6 is 11.3 Å². The summed E-state index contributed by atoms with van der Waals surface area (Å²) in [4.78, 5) is 33.1. The predicted molar refractivity (Wildman–Crippen MR) is 87.7 cm³/mol. The molecule has 3 aromatic rings. The molecule has 0 aliphatic carbocycles. The highest BCUT2D eigenvalue weighted by atomic mass is 32.1. The van der Waals surface area contributed by atoms with Crippen LogP contribution in [0.4, 0.5) is 5.13 Å². The first-order chi connectivity index (χ1) is 10.5. The molecular formula is C15H16N4O2S. The van der Waals surface area contributed by atoms with Crippen molar-refractivity contribution in [2.75, 3.05) is 11.4 Å². The first kappa shape index (κ1) is 14.5. The molecule has 0 saturated heterocycles. The lowest BCUT2D eigenvalue weighted by Crippen LogP contribution is -2.30. The van der Waals surface area contributed by atoms with Gasteiger partial charge >= 0.3 is 5.69 Å². The quantitative estimate of drug-likeness (QED) is 0.806. The van der Waals surface area contributed by atoms with Crippen molar-refractivity contribution in [1.82, 2.24) is 14.5 Å². The van der Waals surface area contributed by atoms with Crippen LogP contribution in [-0.2, 0) is 7.05 Å². The Morgan fingerprint density at radius 1 is 1.45 bits per heavy atom. The van der Waals surface area contributed by atoms with E-state index in [0.717, 1.165) is 11.2 Å². The summed E-state index contributed by atoms with van der Waals surface area (Å²) < 4.78 is 1.52. The molecule has 0 atom stereocenters. The fourth-order valence-electron chi connectivity index (χ4n) is 2.36.